The second-order valence-corrected chi connectivity index (χ2v) is 4.88. The van der Waals surface area contributed by atoms with E-state index >= 15 is 0 Å². The summed E-state index contributed by atoms with van der Waals surface area (Å²) in [7, 11) is 0. The first-order valence-corrected chi connectivity index (χ1v) is 6.51. The van der Waals surface area contributed by atoms with E-state index in [1.807, 2.05) is 42.2 Å². The van der Waals surface area contributed by atoms with Crippen LogP contribution in [0.25, 0.3) is 0 Å². The minimum atomic E-state index is -0.0433. The molecule has 4 heteroatoms. The highest BCUT2D eigenvalue weighted by molar-refractivity contribution is 6.31. The molecule has 0 saturated carbocycles. The zero-order valence-corrected chi connectivity index (χ0v) is 11.5. The van der Waals surface area contributed by atoms with Gasteiger partial charge in [-0.1, -0.05) is 23.7 Å². The zero-order chi connectivity index (χ0) is 13.1. The van der Waals surface area contributed by atoms with Crippen LogP contribution < -0.4 is 5.73 Å². The van der Waals surface area contributed by atoms with Crippen LogP contribution in [0.2, 0.25) is 5.02 Å². The molecule has 0 radical (unpaired) electrons. The second-order valence-electron chi connectivity index (χ2n) is 4.47. The molecule has 0 aliphatic carbocycles. The van der Waals surface area contributed by atoms with E-state index in [2.05, 4.69) is 12.0 Å². The van der Waals surface area contributed by atoms with Crippen LogP contribution in [-0.2, 0) is 13.0 Å². The predicted molar refractivity (Wildman–Crippen MR) is 74.7 cm³/mol. The number of benzene rings is 1. The Hall–Kier alpha value is -1.32. The molecular formula is C14H18ClN3. The summed E-state index contributed by atoms with van der Waals surface area (Å²) < 4.78 is 1.91. The average Bonchev–Trinajstić information content (AvgIpc) is 2.80. The first-order chi connectivity index (χ1) is 8.61. The number of aromatic nitrogens is 2. The Balaban J connectivity index is 2.16. The van der Waals surface area contributed by atoms with Crippen LogP contribution in [0.4, 0.5) is 0 Å². The van der Waals surface area contributed by atoms with E-state index < -0.39 is 0 Å². The second kappa shape index (κ2) is 5.55. The molecule has 1 heterocycles. The van der Waals surface area contributed by atoms with Gasteiger partial charge in [0.05, 0.1) is 6.20 Å². The Bertz CT molecular complexity index is 534. The number of nitrogens with zero attached hydrogens (tertiary/aromatic N) is 2. The standard InChI is InChI=1S/C14H18ClN3/c1-3-18-9-11(8-17-18)7-14(16)12-5-4-6-13(15)10(12)2/h4-6,8-9,14H,3,7,16H2,1-2H3. The van der Waals surface area contributed by atoms with Crippen LogP contribution >= 0.6 is 11.6 Å². The maximum absolute atomic E-state index is 6.25. The first-order valence-electron chi connectivity index (χ1n) is 6.13. The fraction of sp³-hybridized carbons (Fsp3) is 0.357. The molecule has 0 aliphatic rings. The summed E-state index contributed by atoms with van der Waals surface area (Å²) in [5.74, 6) is 0. The van der Waals surface area contributed by atoms with E-state index in [1.165, 1.54) is 0 Å². The van der Waals surface area contributed by atoms with E-state index in [1.54, 1.807) is 0 Å². The van der Waals surface area contributed by atoms with Crippen molar-refractivity contribution >= 4 is 11.6 Å². The van der Waals surface area contributed by atoms with Gasteiger partial charge in [-0.2, -0.15) is 5.10 Å². The minimum Gasteiger partial charge on any atom is -0.324 e. The van der Waals surface area contributed by atoms with Crippen molar-refractivity contribution in [2.45, 2.75) is 32.9 Å². The highest BCUT2D eigenvalue weighted by Gasteiger charge is 2.12. The van der Waals surface area contributed by atoms with Crippen molar-refractivity contribution in [3.8, 4) is 0 Å². The molecular weight excluding hydrogens is 246 g/mol. The molecule has 18 heavy (non-hydrogen) atoms. The van der Waals surface area contributed by atoms with Crippen LogP contribution in [0.5, 0.6) is 0 Å². The van der Waals surface area contributed by atoms with Crippen molar-refractivity contribution in [3.05, 3.63) is 52.3 Å². The molecule has 2 N–H and O–H groups in total. The fourth-order valence-electron chi connectivity index (χ4n) is 2.07. The molecule has 0 aliphatic heterocycles. The smallest absolute Gasteiger partial charge is 0.0522 e. The highest BCUT2D eigenvalue weighted by Crippen LogP contribution is 2.24. The number of hydrogen-bond acceptors (Lipinski definition) is 2. The third-order valence-corrected chi connectivity index (χ3v) is 3.58. The lowest BCUT2D eigenvalue weighted by molar-refractivity contribution is 0.657. The molecule has 1 aromatic heterocycles. The normalized spacial score (nSPS) is 12.7. The molecule has 1 aromatic carbocycles. The summed E-state index contributed by atoms with van der Waals surface area (Å²) in [4.78, 5) is 0. The van der Waals surface area contributed by atoms with Crippen molar-refractivity contribution in [3.63, 3.8) is 0 Å². The molecule has 2 rings (SSSR count). The van der Waals surface area contributed by atoms with Gasteiger partial charge in [-0.25, -0.2) is 0 Å². The molecule has 1 atom stereocenters. The third kappa shape index (κ3) is 2.74. The largest absolute Gasteiger partial charge is 0.324 e. The fourth-order valence-corrected chi connectivity index (χ4v) is 2.26. The minimum absolute atomic E-state index is 0.0433. The lowest BCUT2D eigenvalue weighted by atomic mass is 9.97. The van der Waals surface area contributed by atoms with Gasteiger partial charge >= 0.3 is 0 Å². The molecule has 1 unspecified atom stereocenters. The van der Waals surface area contributed by atoms with Crippen LogP contribution in [0.1, 0.15) is 29.7 Å². The monoisotopic (exact) mass is 263 g/mol. The van der Waals surface area contributed by atoms with Crippen molar-refractivity contribution in [2.24, 2.45) is 5.73 Å². The molecule has 0 bridgehead atoms. The number of rotatable bonds is 4. The molecule has 0 fully saturated rings. The van der Waals surface area contributed by atoms with Crippen LogP contribution in [0.15, 0.2) is 30.6 Å². The van der Waals surface area contributed by atoms with Gasteiger partial charge in [-0.3, -0.25) is 4.68 Å². The van der Waals surface area contributed by atoms with Gasteiger partial charge in [0, 0.05) is 23.8 Å². The number of aryl methyl sites for hydroxylation is 1. The van der Waals surface area contributed by atoms with Crippen molar-refractivity contribution in [1.82, 2.24) is 9.78 Å². The summed E-state index contributed by atoms with van der Waals surface area (Å²) in [5, 5.41) is 5.03. The van der Waals surface area contributed by atoms with Gasteiger partial charge in [0.2, 0.25) is 0 Å². The number of hydrogen-bond donors (Lipinski definition) is 1. The van der Waals surface area contributed by atoms with Gasteiger partial charge < -0.3 is 5.73 Å². The van der Waals surface area contributed by atoms with Gasteiger partial charge in [0.25, 0.3) is 0 Å². The van der Waals surface area contributed by atoms with Crippen molar-refractivity contribution in [2.75, 3.05) is 0 Å². The first kappa shape index (κ1) is 13.1. The third-order valence-electron chi connectivity index (χ3n) is 3.18. The van der Waals surface area contributed by atoms with Gasteiger partial charge in [0.15, 0.2) is 0 Å². The molecule has 96 valence electrons. The lowest BCUT2D eigenvalue weighted by Gasteiger charge is -2.14. The quantitative estimate of drug-likeness (QED) is 0.921. The van der Waals surface area contributed by atoms with Crippen molar-refractivity contribution < 1.29 is 0 Å². The van der Waals surface area contributed by atoms with E-state index in [9.17, 15) is 0 Å². The van der Waals surface area contributed by atoms with Gasteiger partial charge in [-0.05, 0) is 43.0 Å². The number of nitrogens with two attached hydrogens (primary N) is 1. The topological polar surface area (TPSA) is 43.8 Å². The van der Waals surface area contributed by atoms with E-state index in [0.29, 0.717) is 0 Å². The highest BCUT2D eigenvalue weighted by atomic mass is 35.5. The Morgan fingerprint density at radius 2 is 2.22 bits per heavy atom. The summed E-state index contributed by atoms with van der Waals surface area (Å²) >= 11 is 6.12. The SMILES string of the molecule is CCn1cc(CC(N)c2cccc(Cl)c2C)cn1. The molecule has 2 aromatic rings. The summed E-state index contributed by atoms with van der Waals surface area (Å²) in [6.45, 7) is 4.95. The Kier molecular flexibility index (Phi) is 4.04. The van der Waals surface area contributed by atoms with Crippen LogP contribution in [0, 0.1) is 6.92 Å². The zero-order valence-electron chi connectivity index (χ0n) is 10.7. The lowest BCUT2D eigenvalue weighted by Crippen LogP contribution is -2.14. The molecule has 0 amide bonds. The molecule has 3 nitrogen and oxygen atoms in total. The summed E-state index contributed by atoms with van der Waals surface area (Å²) in [6, 6.07) is 5.83. The van der Waals surface area contributed by atoms with Crippen LogP contribution in [0.3, 0.4) is 0 Å². The maximum atomic E-state index is 6.25. The van der Waals surface area contributed by atoms with E-state index in [-0.39, 0.29) is 6.04 Å². The molecule has 0 saturated heterocycles. The number of halogens is 1. The summed E-state index contributed by atoms with van der Waals surface area (Å²) in [6.07, 6.45) is 4.70. The Morgan fingerprint density at radius 1 is 1.44 bits per heavy atom. The van der Waals surface area contributed by atoms with E-state index in [4.69, 9.17) is 17.3 Å². The Labute approximate surface area is 113 Å². The molecule has 0 spiro atoms. The van der Waals surface area contributed by atoms with Gasteiger partial charge in [0.1, 0.15) is 0 Å². The predicted octanol–water partition coefficient (Wildman–Crippen LogP) is 3.11. The van der Waals surface area contributed by atoms with E-state index in [0.717, 1.165) is 34.7 Å². The summed E-state index contributed by atoms with van der Waals surface area (Å²) in [5.41, 5.74) is 9.58. The average molecular weight is 264 g/mol. The van der Waals surface area contributed by atoms with Crippen LogP contribution in [-0.4, -0.2) is 9.78 Å². The van der Waals surface area contributed by atoms with Gasteiger partial charge in [-0.15, -0.1) is 0 Å². The Morgan fingerprint density at radius 3 is 2.89 bits per heavy atom. The maximum Gasteiger partial charge on any atom is 0.0522 e. The van der Waals surface area contributed by atoms with Crippen molar-refractivity contribution in [1.29, 1.82) is 0 Å².